The summed E-state index contributed by atoms with van der Waals surface area (Å²) in [5, 5.41) is 18.6. The van der Waals surface area contributed by atoms with Crippen molar-refractivity contribution in [3.8, 4) is 6.07 Å². The summed E-state index contributed by atoms with van der Waals surface area (Å²) < 4.78 is 12.8. The zero-order valence-corrected chi connectivity index (χ0v) is 9.51. The van der Waals surface area contributed by atoms with Crippen LogP contribution in [0.4, 0.5) is 4.39 Å². The quantitative estimate of drug-likeness (QED) is 0.849. The van der Waals surface area contributed by atoms with Gasteiger partial charge in [-0.2, -0.15) is 5.26 Å². The Morgan fingerprint density at radius 2 is 1.88 bits per heavy atom. The van der Waals surface area contributed by atoms with Crippen LogP contribution in [0.3, 0.4) is 0 Å². The van der Waals surface area contributed by atoms with Crippen molar-refractivity contribution in [1.29, 1.82) is 5.26 Å². The molecule has 3 nitrogen and oxygen atoms in total. The first kappa shape index (κ1) is 12.0. The molecule has 1 aromatic carbocycles. The number of benzene rings is 1. The molecule has 4 heteroatoms. The molecule has 1 unspecified atom stereocenters. The predicted molar refractivity (Wildman–Crippen MR) is 61.6 cm³/mol. The third kappa shape index (κ3) is 2.82. The van der Waals surface area contributed by atoms with E-state index in [2.05, 4.69) is 6.07 Å². The third-order valence-electron chi connectivity index (χ3n) is 3.17. The molecule has 1 aliphatic heterocycles. The van der Waals surface area contributed by atoms with Gasteiger partial charge in [-0.1, -0.05) is 12.1 Å². The number of aliphatic hydroxyl groups is 1. The van der Waals surface area contributed by atoms with Crippen LogP contribution in [0.25, 0.3) is 0 Å². The normalized spacial score (nSPS) is 19.8. The standard InChI is InChI=1S/C13H15FN2O/c14-11-3-1-10(2-4-11)13(9-15)16-7-5-12(17)6-8-16/h1-4,12-13,17H,5-8H2. The molecule has 1 aromatic rings. The Bertz CT molecular complexity index is 404. The van der Waals surface area contributed by atoms with Gasteiger partial charge in [0.2, 0.25) is 0 Å². The average Bonchev–Trinajstić information content (AvgIpc) is 2.35. The van der Waals surface area contributed by atoms with Crippen molar-refractivity contribution in [2.24, 2.45) is 0 Å². The summed E-state index contributed by atoms with van der Waals surface area (Å²) in [6, 6.07) is 7.94. The van der Waals surface area contributed by atoms with Gasteiger partial charge in [0.05, 0.1) is 12.2 Å². The number of hydrogen-bond donors (Lipinski definition) is 1. The van der Waals surface area contributed by atoms with Gasteiger partial charge < -0.3 is 5.11 Å². The Morgan fingerprint density at radius 3 is 2.41 bits per heavy atom. The molecule has 1 saturated heterocycles. The number of piperidine rings is 1. The van der Waals surface area contributed by atoms with Crippen molar-refractivity contribution in [2.45, 2.75) is 25.0 Å². The Hall–Kier alpha value is -1.44. The number of aliphatic hydroxyl groups excluding tert-OH is 1. The lowest BCUT2D eigenvalue weighted by molar-refractivity contribution is 0.0716. The van der Waals surface area contributed by atoms with E-state index in [0.717, 1.165) is 5.56 Å². The van der Waals surface area contributed by atoms with Crippen molar-refractivity contribution in [3.63, 3.8) is 0 Å². The SMILES string of the molecule is N#CC(c1ccc(F)cc1)N1CCC(O)CC1. The lowest BCUT2D eigenvalue weighted by Crippen LogP contribution is -2.38. The molecule has 0 spiro atoms. The van der Waals surface area contributed by atoms with E-state index >= 15 is 0 Å². The highest BCUT2D eigenvalue weighted by Gasteiger charge is 2.24. The molecule has 0 aliphatic carbocycles. The van der Waals surface area contributed by atoms with E-state index in [9.17, 15) is 14.8 Å². The van der Waals surface area contributed by atoms with Crippen LogP contribution < -0.4 is 0 Å². The average molecular weight is 234 g/mol. The molecule has 0 saturated carbocycles. The monoisotopic (exact) mass is 234 g/mol. The summed E-state index contributed by atoms with van der Waals surface area (Å²) in [5.41, 5.74) is 0.810. The van der Waals surface area contributed by atoms with Gasteiger partial charge >= 0.3 is 0 Å². The number of rotatable bonds is 2. The van der Waals surface area contributed by atoms with Gasteiger partial charge in [0.15, 0.2) is 0 Å². The molecule has 1 aliphatic rings. The topological polar surface area (TPSA) is 47.3 Å². The fourth-order valence-electron chi connectivity index (χ4n) is 2.16. The van der Waals surface area contributed by atoms with Crippen LogP contribution in [-0.2, 0) is 0 Å². The summed E-state index contributed by atoms with van der Waals surface area (Å²) in [6.07, 6.45) is 1.14. The summed E-state index contributed by atoms with van der Waals surface area (Å²) in [4.78, 5) is 2.03. The highest BCUT2D eigenvalue weighted by atomic mass is 19.1. The van der Waals surface area contributed by atoms with Gasteiger partial charge in [-0.05, 0) is 30.5 Å². The lowest BCUT2D eigenvalue weighted by atomic mass is 10.0. The van der Waals surface area contributed by atoms with E-state index in [0.29, 0.717) is 25.9 Å². The van der Waals surface area contributed by atoms with Gasteiger partial charge in [-0.25, -0.2) is 4.39 Å². The zero-order valence-electron chi connectivity index (χ0n) is 9.51. The molecule has 0 amide bonds. The first-order chi connectivity index (χ1) is 8.20. The second kappa shape index (κ2) is 5.26. The fraction of sp³-hybridized carbons (Fsp3) is 0.462. The number of likely N-dealkylation sites (tertiary alicyclic amines) is 1. The highest BCUT2D eigenvalue weighted by Crippen LogP contribution is 2.24. The summed E-state index contributed by atoms with van der Waals surface area (Å²) in [7, 11) is 0. The minimum absolute atomic E-state index is 0.251. The number of hydrogen-bond acceptors (Lipinski definition) is 3. The smallest absolute Gasteiger partial charge is 0.123 e. The summed E-state index contributed by atoms with van der Waals surface area (Å²) in [6.45, 7) is 1.41. The van der Waals surface area contributed by atoms with Crippen LogP contribution >= 0.6 is 0 Å². The molecule has 0 radical (unpaired) electrons. The van der Waals surface area contributed by atoms with Crippen LogP contribution in [0.5, 0.6) is 0 Å². The van der Waals surface area contributed by atoms with E-state index in [4.69, 9.17) is 0 Å². The van der Waals surface area contributed by atoms with Gasteiger partial charge in [0.1, 0.15) is 11.9 Å². The largest absolute Gasteiger partial charge is 0.393 e. The number of nitriles is 1. The van der Waals surface area contributed by atoms with Gasteiger partial charge in [-0.15, -0.1) is 0 Å². The Labute approximate surface area is 100 Å². The van der Waals surface area contributed by atoms with E-state index < -0.39 is 0 Å². The van der Waals surface area contributed by atoms with Crippen molar-refractivity contribution < 1.29 is 9.50 Å². The maximum atomic E-state index is 12.8. The Kier molecular flexibility index (Phi) is 3.72. The van der Waals surface area contributed by atoms with Crippen LogP contribution in [0.1, 0.15) is 24.4 Å². The minimum atomic E-state index is -0.344. The maximum Gasteiger partial charge on any atom is 0.123 e. The first-order valence-electron chi connectivity index (χ1n) is 5.78. The van der Waals surface area contributed by atoms with Gasteiger partial charge in [0.25, 0.3) is 0 Å². The van der Waals surface area contributed by atoms with Crippen molar-refractivity contribution in [2.75, 3.05) is 13.1 Å². The third-order valence-corrected chi connectivity index (χ3v) is 3.17. The first-order valence-corrected chi connectivity index (χ1v) is 5.78. The van der Waals surface area contributed by atoms with Gasteiger partial charge in [0, 0.05) is 13.1 Å². The number of halogens is 1. The summed E-state index contributed by atoms with van der Waals surface area (Å²) >= 11 is 0. The van der Waals surface area contributed by atoms with Crippen LogP contribution in [0.2, 0.25) is 0 Å². The Balaban J connectivity index is 2.11. The lowest BCUT2D eigenvalue weighted by Gasteiger charge is -2.32. The van der Waals surface area contributed by atoms with Crippen molar-refractivity contribution in [1.82, 2.24) is 4.90 Å². The van der Waals surface area contributed by atoms with Crippen LogP contribution in [-0.4, -0.2) is 29.2 Å². The second-order valence-corrected chi connectivity index (χ2v) is 4.35. The fourth-order valence-corrected chi connectivity index (χ4v) is 2.16. The maximum absolute atomic E-state index is 12.8. The van der Waals surface area contributed by atoms with Gasteiger partial charge in [-0.3, -0.25) is 4.90 Å². The summed E-state index contributed by atoms with van der Waals surface area (Å²) in [5.74, 6) is -0.292. The van der Waals surface area contributed by atoms with Crippen LogP contribution in [0.15, 0.2) is 24.3 Å². The molecule has 1 heterocycles. The molecule has 0 bridgehead atoms. The molecule has 0 aromatic heterocycles. The van der Waals surface area contributed by atoms with E-state index in [1.807, 2.05) is 4.90 Å². The van der Waals surface area contributed by atoms with Crippen LogP contribution in [0, 0.1) is 17.1 Å². The second-order valence-electron chi connectivity index (χ2n) is 4.35. The molecule has 1 atom stereocenters. The molecular weight excluding hydrogens is 219 g/mol. The Morgan fingerprint density at radius 1 is 1.29 bits per heavy atom. The molecule has 1 N–H and O–H groups in total. The predicted octanol–water partition coefficient (Wildman–Crippen LogP) is 1.85. The van der Waals surface area contributed by atoms with Crippen molar-refractivity contribution >= 4 is 0 Å². The molecule has 2 rings (SSSR count). The minimum Gasteiger partial charge on any atom is -0.393 e. The van der Waals surface area contributed by atoms with E-state index in [1.165, 1.54) is 12.1 Å². The molecule has 90 valence electrons. The van der Waals surface area contributed by atoms with E-state index in [-0.39, 0.29) is 18.0 Å². The number of nitrogens with zero attached hydrogens (tertiary/aromatic N) is 2. The molecule has 1 fully saturated rings. The molecular formula is C13H15FN2O. The highest BCUT2D eigenvalue weighted by molar-refractivity contribution is 5.24. The molecule has 17 heavy (non-hydrogen) atoms. The zero-order chi connectivity index (χ0) is 12.3. The van der Waals surface area contributed by atoms with E-state index in [1.54, 1.807) is 12.1 Å². The van der Waals surface area contributed by atoms with Crippen molar-refractivity contribution in [3.05, 3.63) is 35.6 Å².